The fourth-order valence-corrected chi connectivity index (χ4v) is 1.20. The molecule has 2 nitrogen and oxygen atoms in total. The molecule has 0 atom stereocenters. The maximum Gasteiger partial charge on any atom is 0.152 e. The predicted molar refractivity (Wildman–Crippen MR) is 44.3 cm³/mol. The average molecular weight is 147 g/mol. The first-order valence-corrected chi connectivity index (χ1v) is 3.57. The first kappa shape index (κ1) is 6.28. The molecule has 2 rings (SSSR count). The smallest absolute Gasteiger partial charge is 0.152 e. The van der Waals surface area contributed by atoms with Crippen molar-refractivity contribution >= 4 is 5.69 Å². The van der Waals surface area contributed by atoms with Crippen LogP contribution in [0.25, 0.3) is 0 Å². The summed E-state index contributed by atoms with van der Waals surface area (Å²) in [5.74, 6) is 0.815. The van der Waals surface area contributed by atoms with Crippen molar-refractivity contribution in [3.05, 3.63) is 36.1 Å². The highest BCUT2D eigenvalue weighted by atomic mass is 16.5. The molecular formula is C9H9NO. The number of allylic oxidation sites excluding steroid dienone is 1. The van der Waals surface area contributed by atoms with E-state index in [1.165, 1.54) is 0 Å². The van der Waals surface area contributed by atoms with Crippen molar-refractivity contribution in [2.75, 3.05) is 5.73 Å². The van der Waals surface area contributed by atoms with Gasteiger partial charge in [0.05, 0.1) is 11.9 Å². The first-order chi connectivity index (χ1) is 5.38. The van der Waals surface area contributed by atoms with Crippen molar-refractivity contribution in [3.8, 4) is 5.75 Å². The third kappa shape index (κ3) is 0.963. The Morgan fingerprint density at radius 3 is 3.09 bits per heavy atom. The highest BCUT2D eigenvalue weighted by Crippen LogP contribution is 2.29. The molecule has 1 aliphatic heterocycles. The number of benzene rings is 1. The zero-order valence-corrected chi connectivity index (χ0v) is 6.08. The van der Waals surface area contributed by atoms with E-state index in [0.29, 0.717) is 5.69 Å². The standard InChI is InChI=1S/C9H9NO/c10-8-5-1-3-7-4-2-6-11-9(7)8/h1-3,5-6H,4,10H2. The number of anilines is 1. The summed E-state index contributed by atoms with van der Waals surface area (Å²) in [7, 11) is 0. The van der Waals surface area contributed by atoms with Crippen LogP contribution in [0.5, 0.6) is 5.75 Å². The van der Waals surface area contributed by atoms with Crippen LogP contribution in [0.2, 0.25) is 0 Å². The fourth-order valence-electron chi connectivity index (χ4n) is 1.20. The summed E-state index contributed by atoms with van der Waals surface area (Å²) in [5, 5.41) is 0. The molecule has 0 radical (unpaired) electrons. The number of para-hydroxylation sites is 1. The highest BCUT2D eigenvalue weighted by molar-refractivity contribution is 5.58. The molecular weight excluding hydrogens is 138 g/mol. The quantitative estimate of drug-likeness (QED) is 0.567. The van der Waals surface area contributed by atoms with Crippen LogP contribution in [-0.2, 0) is 6.42 Å². The molecule has 0 bridgehead atoms. The second-order valence-electron chi connectivity index (χ2n) is 2.53. The lowest BCUT2D eigenvalue weighted by molar-refractivity contribution is 0.467. The Morgan fingerprint density at radius 1 is 1.36 bits per heavy atom. The molecule has 0 spiro atoms. The van der Waals surface area contributed by atoms with E-state index >= 15 is 0 Å². The normalized spacial score (nSPS) is 13.8. The second-order valence-corrected chi connectivity index (χ2v) is 2.53. The van der Waals surface area contributed by atoms with Crippen LogP contribution < -0.4 is 10.5 Å². The van der Waals surface area contributed by atoms with Gasteiger partial charge in [0.15, 0.2) is 5.75 Å². The van der Waals surface area contributed by atoms with Gasteiger partial charge in [-0.1, -0.05) is 12.1 Å². The summed E-state index contributed by atoms with van der Waals surface area (Å²) in [5.41, 5.74) is 7.56. The number of hydrogen-bond acceptors (Lipinski definition) is 2. The van der Waals surface area contributed by atoms with Gasteiger partial charge in [-0.15, -0.1) is 0 Å². The lowest BCUT2D eigenvalue weighted by atomic mass is 10.1. The summed E-state index contributed by atoms with van der Waals surface area (Å²) in [4.78, 5) is 0. The van der Waals surface area contributed by atoms with Gasteiger partial charge >= 0.3 is 0 Å². The average Bonchev–Trinajstić information content (AvgIpc) is 2.06. The van der Waals surface area contributed by atoms with Gasteiger partial charge in [-0.3, -0.25) is 0 Å². The lowest BCUT2D eigenvalue weighted by Crippen LogP contribution is -1.99. The number of ether oxygens (including phenoxy) is 1. The van der Waals surface area contributed by atoms with Crippen molar-refractivity contribution in [3.63, 3.8) is 0 Å². The molecule has 56 valence electrons. The Balaban J connectivity index is 2.54. The van der Waals surface area contributed by atoms with Gasteiger partial charge in [-0.2, -0.15) is 0 Å². The maximum absolute atomic E-state index is 5.68. The van der Waals surface area contributed by atoms with Gasteiger partial charge in [-0.05, 0) is 18.6 Å². The minimum absolute atomic E-state index is 0.715. The molecule has 1 aromatic rings. The van der Waals surface area contributed by atoms with Gasteiger partial charge in [-0.25, -0.2) is 0 Å². The summed E-state index contributed by atoms with van der Waals surface area (Å²) in [6, 6.07) is 5.81. The summed E-state index contributed by atoms with van der Waals surface area (Å²) >= 11 is 0. The molecule has 11 heavy (non-hydrogen) atoms. The van der Waals surface area contributed by atoms with Crippen molar-refractivity contribution in [2.45, 2.75) is 6.42 Å². The second kappa shape index (κ2) is 2.31. The Kier molecular flexibility index (Phi) is 1.32. The molecule has 0 fully saturated rings. The van der Waals surface area contributed by atoms with Crippen LogP contribution in [0.1, 0.15) is 5.56 Å². The zero-order valence-electron chi connectivity index (χ0n) is 6.08. The van der Waals surface area contributed by atoms with Crippen molar-refractivity contribution in [1.82, 2.24) is 0 Å². The van der Waals surface area contributed by atoms with Gasteiger partial charge in [0.1, 0.15) is 0 Å². The number of rotatable bonds is 0. The van der Waals surface area contributed by atoms with Crippen molar-refractivity contribution in [1.29, 1.82) is 0 Å². The van der Waals surface area contributed by atoms with E-state index < -0.39 is 0 Å². The number of nitrogens with two attached hydrogens (primary N) is 1. The third-order valence-electron chi connectivity index (χ3n) is 1.75. The molecule has 0 aromatic heterocycles. The molecule has 0 saturated carbocycles. The SMILES string of the molecule is Nc1cccc2c1OC=CC2. The van der Waals surface area contributed by atoms with Gasteiger partial charge < -0.3 is 10.5 Å². The lowest BCUT2D eigenvalue weighted by Gasteiger charge is -2.12. The van der Waals surface area contributed by atoms with Crippen LogP contribution in [0.15, 0.2) is 30.5 Å². The molecule has 0 saturated heterocycles. The van der Waals surface area contributed by atoms with Gasteiger partial charge in [0, 0.05) is 5.56 Å². The monoisotopic (exact) mass is 147 g/mol. The van der Waals surface area contributed by atoms with Gasteiger partial charge in [0.2, 0.25) is 0 Å². The molecule has 1 aromatic carbocycles. The number of nitrogen functional groups attached to an aromatic ring is 1. The van der Waals surface area contributed by atoms with Crippen LogP contribution in [0.4, 0.5) is 5.69 Å². The van der Waals surface area contributed by atoms with Crippen LogP contribution in [0.3, 0.4) is 0 Å². The van der Waals surface area contributed by atoms with Gasteiger partial charge in [0.25, 0.3) is 0 Å². The largest absolute Gasteiger partial charge is 0.463 e. The minimum Gasteiger partial charge on any atom is -0.463 e. The van der Waals surface area contributed by atoms with E-state index in [1.807, 2.05) is 24.3 Å². The minimum atomic E-state index is 0.715. The van der Waals surface area contributed by atoms with E-state index in [4.69, 9.17) is 10.5 Å². The van der Waals surface area contributed by atoms with E-state index in [-0.39, 0.29) is 0 Å². The summed E-state index contributed by atoms with van der Waals surface area (Å²) < 4.78 is 5.25. The molecule has 1 heterocycles. The van der Waals surface area contributed by atoms with Crippen LogP contribution in [0, 0.1) is 0 Å². The van der Waals surface area contributed by atoms with Crippen LogP contribution in [-0.4, -0.2) is 0 Å². The van der Waals surface area contributed by atoms with E-state index in [2.05, 4.69) is 0 Å². The Labute approximate surface area is 65.3 Å². The molecule has 0 unspecified atom stereocenters. The summed E-state index contributed by atoms with van der Waals surface area (Å²) in [6.07, 6.45) is 4.57. The van der Waals surface area contributed by atoms with E-state index in [1.54, 1.807) is 6.26 Å². The zero-order chi connectivity index (χ0) is 7.68. The Hall–Kier alpha value is -1.44. The molecule has 2 N–H and O–H groups in total. The van der Waals surface area contributed by atoms with Crippen molar-refractivity contribution in [2.24, 2.45) is 0 Å². The maximum atomic E-state index is 5.68. The van der Waals surface area contributed by atoms with E-state index in [0.717, 1.165) is 17.7 Å². The predicted octanol–water partition coefficient (Wildman–Crippen LogP) is 1.72. The summed E-state index contributed by atoms with van der Waals surface area (Å²) in [6.45, 7) is 0. The third-order valence-corrected chi connectivity index (χ3v) is 1.75. The first-order valence-electron chi connectivity index (χ1n) is 3.57. The van der Waals surface area contributed by atoms with Crippen molar-refractivity contribution < 1.29 is 4.74 Å². The number of fused-ring (bicyclic) bond motifs is 1. The Bertz CT molecular complexity index is 304. The molecule has 1 aliphatic rings. The molecule has 0 aliphatic carbocycles. The van der Waals surface area contributed by atoms with Crippen LogP contribution >= 0.6 is 0 Å². The molecule has 2 heteroatoms. The number of hydrogen-bond donors (Lipinski definition) is 1. The highest BCUT2D eigenvalue weighted by Gasteiger charge is 2.07. The molecule has 0 amide bonds. The topological polar surface area (TPSA) is 35.2 Å². The van der Waals surface area contributed by atoms with E-state index in [9.17, 15) is 0 Å². The fraction of sp³-hybridized carbons (Fsp3) is 0.111. The Morgan fingerprint density at radius 2 is 2.27 bits per heavy atom.